The molecule has 2 aromatic carbocycles. The van der Waals surface area contributed by atoms with Gasteiger partial charge in [-0.1, -0.05) is 42.5 Å². The summed E-state index contributed by atoms with van der Waals surface area (Å²) in [6, 6.07) is 15.5. The molecule has 0 aliphatic carbocycles. The van der Waals surface area contributed by atoms with Crippen LogP contribution in [0.3, 0.4) is 0 Å². The van der Waals surface area contributed by atoms with Gasteiger partial charge in [-0.2, -0.15) is 0 Å². The summed E-state index contributed by atoms with van der Waals surface area (Å²) < 4.78 is 15.8. The first kappa shape index (κ1) is 30.7. The third-order valence-corrected chi connectivity index (χ3v) is 6.13. The molecular formula is C28H34FN2NaO5. The average Bonchev–Trinajstić information content (AvgIpc) is 3.18. The Hall–Kier alpha value is -2.49. The van der Waals surface area contributed by atoms with Crippen molar-refractivity contribution in [3.8, 4) is 22.3 Å². The molecule has 1 heterocycles. The van der Waals surface area contributed by atoms with Gasteiger partial charge in [0.15, 0.2) is 0 Å². The normalized spacial score (nSPS) is 12.6. The fourth-order valence-corrected chi connectivity index (χ4v) is 4.63. The largest absolute Gasteiger partial charge is 1.00 e. The van der Waals surface area contributed by atoms with Crippen LogP contribution in [0.2, 0.25) is 0 Å². The molecule has 1 aromatic heterocycles. The third kappa shape index (κ3) is 7.52. The first-order valence-corrected chi connectivity index (χ1v) is 12.0. The quantitative estimate of drug-likeness (QED) is 0.287. The number of amides is 1. The maximum absolute atomic E-state index is 13.8. The standard InChI is InChI=1S/C28H33FN2O5.Na.H/c1-17(2)31-23(14-13-21(32)15-22(33)16-24(34)35)25(19-9-11-20(29)12-10-19)26(27(31)28(36)30-3)18-7-5-4-6-8-18;;/h4-12,17,21-22,32-33H,13-16H2,1-3H3,(H,30,36)(H,34,35);;/q;+1;-1/t21-,22-;;/m1../s1. The number of rotatable bonds is 11. The van der Waals surface area contributed by atoms with E-state index in [2.05, 4.69) is 5.32 Å². The maximum atomic E-state index is 13.8. The summed E-state index contributed by atoms with van der Waals surface area (Å²) in [4.78, 5) is 24.1. The molecule has 0 radical (unpaired) electrons. The third-order valence-electron chi connectivity index (χ3n) is 6.13. The molecular weight excluding hydrogens is 486 g/mol. The Morgan fingerprint density at radius 3 is 2.11 bits per heavy atom. The minimum Gasteiger partial charge on any atom is -1.00 e. The number of benzene rings is 2. The summed E-state index contributed by atoms with van der Waals surface area (Å²) >= 11 is 0. The van der Waals surface area contributed by atoms with Crippen LogP contribution in [0.1, 0.15) is 56.8 Å². The monoisotopic (exact) mass is 520 g/mol. The van der Waals surface area contributed by atoms with E-state index in [1.165, 1.54) is 12.1 Å². The fourth-order valence-electron chi connectivity index (χ4n) is 4.63. The number of nitrogens with one attached hydrogen (secondary N) is 1. The summed E-state index contributed by atoms with van der Waals surface area (Å²) in [5.41, 5.74) is 4.30. The van der Waals surface area contributed by atoms with E-state index in [9.17, 15) is 24.2 Å². The average molecular weight is 521 g/mol. The summed E-state index contributed by atoms with van der Waals surface area (Å²) in [5.74, 6) is -1.78. The van der Waals surface area contributed by atoms with Gasteiger partial charge in [-0.3, -0.25) is 9.59 Å². The van der Waals surface area contributed by atoms with E-state index in [1.54, 1.807) is 19.2 Å². The van der Waals surface area contributed by atoms with Crippen molar-refractivity contribution < 1.29 is 60.3 Å². The number of carboxylic acid groups (broad SMARTS) is 1. The molecule has 194 valence electrons. The second kappa shape index (κ2) is 13.9. The number of hydrogen-bond donors (Lipinski definition) is 4. The molecule has 0 spiro atoms. The van der Waals surface area contributed by atoms with Crippen molar-refractivity contribution in [1.82, 2.24) is 9.88 Å². The fraction of sp³-hybridized carbons (Fsp3) is 0.357. The number of hydrogen-bond acceptors (Lipinski definition) is 4. The zero-order valence-electron chi connectivity index (χ0n) is 22.7. The van der Waals surface area contributed by atoms with Crippen molar-refractivity contribution in [2.75, 3.05) is 7.05 Å². The first-order chi connectivity index (χ1) is 17.1. The molecule has 0 aliphatic heterocycles. The van der Waals surface area contributed by atoms with Gasteiger partial charge in [0.25, 0.3) is 5.91 Å². The molecule has 3 rings (SSSR count). The minimum absolute atomic E-state index is 0. The van der Waals surface area contributed by atoms with E-state index < -0.39 is 24.6 Å². The second-order valence-electron chi connectivity index (χ2n) is 9.14. The summed E-state index contributed by atoms with van der Waals surface area (Å²) in [6.07, 6.45) is -2.04. The van der Waals surface area contributed by atoms with Crippen LogP contribution in [0.4, 0.5) is 4.39 Å². The zero-order chi connectivity index (χ0) is 26.4. The van der Waals surface area contributed by atoms with Crippen molar-refractivity contribution in [3.63, 3.8) is 0 Å². The summed E-state index contributed by atoms with van der Waals surface area (Å²) in [7, 11) is 1.57. The van der Waals surface area contributed by atoms with Gasteiger partial charge in [-0.15, -0.1) is 0 Å². The van der Waals surface area contributed by atoms with Gasteiger partial charge >= 0.3 is 35.5 Å². The molecule has 0 aliphatic rings. The Balaban J connectivity index is 0.00000361. The van der Waals surface area contributed by atoms with Gasteiger partial charge in [0, 0.05) is 29.9 Å². The molecule has 0 saturated carbocycles. The Morgan fingerprint density at radius 2 is 1.57 bits per heavy atom. The Labute approximate surface area is 240 Å². The Kier molecular flexibility index (Phi) is 11.5. The summed E-state index contributed by atoms with van der Waals surface area (Å²) in [5, 5.41) is 32.2. The van der Waals surface area contributed by atoms with Crippen LogP contribution in [0.25, 0.3) is 22.3 Å². The van der Waals surface area contributed by atoms with Crippen LogP contribution in [0, 0.1) is 5.82 Å². The number of aliphatic hydroxyl groups excluding tert-OH is 2. The molecule has 0 unspecified atom stereocenters. The van der Waals surface area contributed by atoms with Crippen molar-refractivity contribution in [2.24, 2.45) is 0 Å². The molecule has 3 aromatic rings. The second-order valence-corrected chi connectivity index (χ2v) is 9.14. The van der Waals surface area contributed by atoms with Crippen LogP contribution in [0.5, 0.6) is 0 Å². The molecule has 1 amide bonds. The number of aromatic nitrogens is 1. The number of halogens is 1. The van der Waals surface area contributed by atoms with Crippen LogP contribution < -0.4 is 34.9 Å². The van der Waals surface area contributed by atoms with E-state index in [0.717, 1.165) is 22.4 Å². The summed E-state index contributed by atoms with van der Waals surface area (Å²) in [6.45, 7) is 3.93. The Bertz CT molecular complexity index is 1200. The van der Waals surface area contributed by atoms with Crippen LogP contribution in [-0.4, -0.2) is 51.0 Å². The van der Waals surface area contributed by atoms with Gasteiger partial charge in [-0.25, -0.2) is 4.39 Å². The zero-order valence-corrected chi connectivity index (χ0v) is 23.7. The van der Waals surface area contributed by atoms with E-state index in [1.807, 2.05) is 48.7 Å². The smallest absolute Gasteiger partial charge is 1.00 e. The predicted molar refractivity (Wildman–Crippen MR) is 137 cm³/mol. The molecule has 7 nitrogen and oxygen atoms in total. The number of carbonyl (C=O) groups is 2. The van der Waals surface area contributed by atoms with E-state index >= 15 is 0 Å². The number of nitrogens with zero attached hydrogens (tertiary/aromatic N) is 1. The van der Waals surface area contributed by atoms with E-state index in [0.29, 0.717) is 17.7 Å². The molecule has 0 bridgehead atoms. The SMILES string of the molecule is CNC(=O)c1c(-c2ccccc2)c(-c2ccc(F)cc2)c(CC[C@@H](O)C[C@@H](O)CC(=O)O)n1C(C)C.[H-].[Na+]. The van der Waals surface area contributed by atoms with Gasteiger partial charge in [0.05, 0.1) is 18.6 Å². The topological polar surface area (TPSA) is 112 Å². The molecule has 2 atom stereocenters. The van der Waals surface area contributed by atoms with Crippen LogP contribution >= 0.6 is 0 Å². The Morgan fingerprint density at radius 1 is 0.973 bits per heavy atom. The maximum Gasteiger partial charge on any atom is 1.00 e. The molecule has 9 heteroatoms. The molecule has 0 fully saturated rings. The predicted octanol–water partition coefficient (Wildman–Crippen LogP) is 1.54. The molecule has 0 saturated heterocycles. The van der Waals surface area contributed by atoms with Gasteiger partial charge in [0.1, 0.15) is 11.5 Å². The van der Waals surface area contributed by atoms with Crippen LogP contribution in [0.15, 0.2) is 54.6 Å². The van der Waals surface area contributed by atoms with Crippen molar-refractivity contribution in [3.05, 3.63) is 71.8 Å². The number of carboxylic acids is 1. The van der Waals surface area contributed by atoms with Gasteiger partial charge in [0.2, 0.25) is 0 Å². The number of aliphatic carboxylic acids is 1. The number of carbonyl (C=O) groups excluding carboxylic acids is 1. The van der Waals surface area contributed by atoms with Gasteiger partial charge < -0.3 is 26.6 Å². The van der Waals surface area contributed by atoms with Gasteiger partial charge in [-0.05, 0) is 56.4 Å². The molecule has 37 heavy (non-hydrogen) atoms. The van der Waals surface area contributed by atoms with E-state index in [-0.39, 0.29) is 61.6 Å². The van der Waals surface area contributed by atoms with Crippen molar-refractivity contribution >= 4 is 11.9 Å². The van der Waals surface area contributed by atoms with Crippen LogP contribution in [-0.2, 0) is 11.2 Å². The first-order valence-electron chi connectivity index (χ1n) is 12.0. The molecule has 4 N–H and O–H groups in total. The van der Waals surface area contributed by atoms with E-state index in [4.69, 9.17) is 5.11 Å². The van der Waals surface area contributed by atoms with Crippen molar-refractivity contribution in [1.29, 1.82) is 0 Å². The minimum atomic E-state index is -1.16. The van der Waals surface area contributed by atoms with Crippen molar-refractivity contribution in [2.45, 2.75) is 57.8 Å². The number of aliphatic hydroxyl groups is 2.